The first-order chi connectivity index (χ1) is 9.19. The molecule has 0 saturated heterocycles. The molecule has 1 aromatic heterocycles. The largest absolute Gasteiger partial charge is 0.369 e. The molecule has 19 heavy (non-hydrogen) atoms. The van der Waals surface area contributed by atoms with Crippen LogP contribution in [0.25, 0.3) is 0 Å². The zero-order chi connectivity index (χ0) is 13.7. The first-order valence-electron chi connectivity index (χ1n) is 6.18. The zero-order valence-electron chi connectivity index (χ0n) is 10.7. The highest BCUT2D eigenvalue weighted by Gasteiger charge is 2.05. The maximum Gasteiger partial charge on any atom is 0.144 e. The lowest BCUT2D eigenvalue weighted by Crippen LogP contribution is -2.06. The Morgan fingerprint density at radius 3 is 2.95 bits per heavy atom. The lowest BCUT2D eigenvalue weighted by atomic mass is 10.1. The summed E-state index contributed by atoms with van der Waals surface area (Å²) in [6.45, 7) is 3.02. The smallest absolute Gasteiger partial charge is 0.144 e. The summed E-state index contributed by atoms with van der Waals surface area (Å²) in [6.07, 6.45) is 3.51. The molecule has 0 aliphatic carbocycles. The van der Waals surface area contributed by atoms with E-state index >= 15 is 0 Å². The summed E-state index contributed by atoms with van der Waals surface area (Å²) in [7, 11) is 0. The van der Waals surface area contributed by atoms with Gasteiger partial charge in [-0.2, -0.15) is 0 Å². The van der Waals surface area contributed by atoms with E-state index in [4.69, 9.17) is 11.6 Å². The van der Waals surface area contributed by atoms with Crippen molar-refractivity contribution in [3.8, 4) is 0 Å². The molecule has 3 nitrogen and oxygen atoms in total. The Bertz CT molecular complexity index is 560. The van der Waals surface area contributed by atoms with Gasteiger partial charge in [-0.3, -0.25) is 0 Å². The SMILES string of the molecule is CCCNc1nc(Cc2cccc(Cl)c2)ncc1Br. The van der Waals surface area contributed by atoms with Gasteiger partial charge in [-0.15, -0.1) is 0 Å². The third-order valence-electron chi connectivity index (χ3n) is 2.59. The third kappa shape index (κ3) is 4.18. The van der Waals surface area contributed by atoms with Crippen molar-refractivity contribution in [1.82, 2.24) is 9.97 Å². The highest BCUT2D eigenvalue weighted by molar-refractivity contribution is 9.10. The van der Waals surface area contributed by atoms with Crippen LogP contribution in [0.5, 0.6) is 0 Å². The summed E-state index contributed by atoms with van der Waals surface area (Å²) in [5, 5.41) is 4.01. The lowest BCUT2D eigenvalue weighted by Gasteiger charge is -2.08. The van der Waals surface area contributed by atoms with Gasteiger partial charge in [0.25, 0.3) is 0 Å². The predicted octanol–water partition coefficient (Wildman–Crippen LogP) is 4.31. The first kappa shape index (κ1) is 14.3. The molecule has 0 saturated carbocycles. The quantitative estimate of drug-likeness (QED) is 0.881. The average molecular weight is 341 g/mol. The average Bonchev–Trinajstić information content (AvgIpc) is 2.39. The molecule has 0 bridgehead atoms. The molecule has 1 N–H and O–H groups in total. The number of aromatic nitrogens is 2. The highest BCUT2D eigenvalue weighted by atomic mass is 79.9. The van der Waals surface area contributed by atoms with E-state index in [-0.39, 0.29) is 0 Å². The van der Waals surface area contributed by atoms with Crippen LogP contribution in [0.3, 0.4) is 0 Å². The minimum absolute atomic E-state index is 0.675. The van der Waals surface area contributed by atoms with Crippen molar-refractivity contribution in [2.45, 2.75) is 19.8 Å². The van der Waals surface area contributed by atoms with Crippen molar-refractivity contribution in [3.05, 3.63) is 51.3 Å². The molecular formula is C14H15BrClN3. The van der Waals surface area contributed by atoms with Crippen molar-refractivity contribution in [3.63, 3.8) is 0 Å². The molecule has 2 rings (SSSR count). The molecule has 0 aliphatic rings. The van der Waals surface area contributed by atoms with Crippen molar-refractivity contribution >= 4 is 33.3 Å². The number of hydrogen-bond donors (Lipinski definition) is 1. The molecule has 1 heterocycles. The minimum Gasteiger partial charge on any atom is -0.369 e. The Morgan fingerprint density at radius 1 is 1.37 bits per heavy atom. The lowest BCUT2D eigenvalue weighted by molar-refractivity contribution is 0.927. The first-order valence-corrected chi connectivity index (χ1v) is 7.36. The van der Waals surface area contributed by atoms with Gasteiger partial charge in [-0.25, -0.2) is 9.97 Å². The van der Waals surface area contributed by atoms with Crippen molar-refractivity contribution < 1.29 is 0 Å². The van der Waals surface area contributed by atoms with Gasteiger partial charge < -0.3 is 5.32 Å². The molecule has 0 aliphatic heterocycles. The molecular weight excluding hydrogens is 326 g/mol. The molecule has 2 aromatic rings. The van der Waals surface area contributed by atoms with E-state index < -0.39 is 0 Å². The molecule has 100 valence electrons. The minimum atomic E-state index is 0.675. The number of hydrogen-bond acceptors (Lipinski definition) is 3. The molecule has 1 aromatic carbocycles. The van der Waals surface area contributed by atoms with E-state index in [0.717, 1.165) is 39.7 Å². The number of halogens is 2. The maximum atomic E-state index is 5.98. The van der Waals surface area contributed by atoms with Gasteiger partial charge in [0.2, 0.25) is 0 Å². The fourth-order valence-corrected chi connectivity index (χ4v) is 2.23. The number of benzene rings is 1. The van der Waals surface area contributed by atoms with Crippen LogP contribution in [-0.2, 0) is 6.42 Å². The van der Waals surface area contributed by atoms with Crippen LogP contribution in [-0.4, -0.2) is 16.5 Å². The van der Waals surface area contributed by atoms with Crippen LogP contribution in [0.4, 0.5) is 5.82 Å². The Balaban J connectivity index is 2.16. The number of rotatable bonds is 5. The van der Waals surface area contributed by atoms with Crippen molar-refractivity contribution in [1.29, 1.82) is 0 Å². The summed E-state index contributed by atoms with van der Waals surface area (Å²) >= 11 is 9.42. The van der Waals surface area contributed by atoms with Gasteiger partial charge in [-0.05, 0) is 40.0 Å². The van der Waals surface area contributed by atoms with Crippen LogP contribution in [0, 0.1) is 0 Å². The zero-order valence-corrected chi connectivity index (χ0v) is 13.0. The Labute approximate surface area is 126 Å². The van der Waals surface area contributed by atoms with Crippen molar-refractivity contribution in [2.24, 2.45) is 0 Å². The van der Waals surface area contributed by atoms with E-state index in [0.29, 0.717) is 6.42 Å². The van der Waals surface area contributed by atoms with Gasteiger partial charge in [0.1, 0.15) is 11.6 Å². The van der Waals surface area contributed by atoms with E-state index in [9.17, 15) is 0 Å². The second kappa shape index (κ2) is 6.87. The van der Waals surface area contributed by atoms with E-state index in [1.807, 2.05) is 24.3 Å². The molecule has 0 fully saturated rings. The molecule has 0 spiro atoms. The summed E-state index contributed by atoms with van der Waals surface area (Å²) in [6, 6.07) is 7.76. The van der Waals surface area contributed by atoms with Crippen LogP contribution < -0.4 is 5.32 Å². The fraction of sp³-hybridized carbons (Fsp3) is 0.286. The number of nitrogens with zero attached hydrogens (tertiary/aromatic N) is 2. The van der Waals surface area contributed by atoms with Crippen LogP contribution in [0.1, 0.15) is 24.7 Å². The van der Waals surface area contributed by atoms with Crippen molar-refractivity contribution in [2.75, 3.05) is 11.9 Å². The van der Waals surface area contributed by atoms with E-state index in [1.54, 1.807) is 6.20 Å². The monoisotopic (exact) mass is 339 g/mol. The maximum absolute atomic E-state index is 5.98. The standard InChI is InChI=1S/C14H15BrClN3/c1-2-6-17-14-12(15)9-18-13(19-14)8-10-4-3-5-11(16)7-10/h3-5,7,9H,2,6,8H2,1H3,(H,17,18,19). The summed E-state index contributed by atoms with van der Waals surface area (Å²) in [4.78, 5) is 8.85. The Hall–Kier alpha value is -1.13. The molecule has 0 radical (unpaired) electrons. The van der Waals surface area contributed by atoms with E-state index in [2.05, 4.69) is 38.1 Å². The van der Waals surface area contributed by atoms with Gasteiger partial charge in [0.05, 0.1) is 4.47 Å². The van der Waals surface area contributed by atoms with Gasteiger partial charge >= 0.3 is 0 Å². The number of anilines is 1. The van der Waals surface area contributed by atoms with Crippen LogP contribution in [0.2, 0.25) is 5.02 Å². The molecule has 0 unspecified atom stereocenters. The van der Waals surface area contributed by atoms with Gasteiger partial charge in [0.15, 0.2) is 0 Å². The second-order valence-corrected chi connectivity index (χ2v) is 5.51. The summed E-state index contributed by atoms with van der Waals surface area (Å²) < 4.78 is 0.885. The molecule has 5 heteroatoms. The third-order valence-corrected chi connectivity index (χ3v) is 3.40. The normalized spacial score (nSPS) is 10.5. The number of nitrogens with one attached hydrogen (secondary N) is 1. The van der Waals surface area contributed by atoms with Gasteiger partial charge in [-0.1, -0.05) is 30.7 Å². The molecule has 0 amide bonds. The Morgan fingerprint density at radius 2 is 2.21 bits per heavy atom. The van der Waals surface area contributed by atoms with Gasteiger partial charge in [0, 0.05) is 24.2 Å². The molecule has 0 atom stereocenters. The fourth-order valence-electron chi connectivity index (χ4n) is 1.69. The Kier molecular flexibility index (Phi) is 5.16. The van der Waals surface area contributed by atoms with Crippen LogP contribution >= 0.6 is 27.5 Å². The van der Waals surface area contributed by atoms with Crippen LogP contribution in [0.15, 0.2) is 34.9 Å². The highest BCUT2D eigenvalue weighted by Crippen LogP contribution is 2.20. The topological polar surface area (TPSA) is 37.8 Å². The predicted molar refractivity (Wildman–Crippen MR) is 82.8 cm³/mol. The summed E-state index contributed by atoms with van der Waals surface area (Å²) in [5.41, 5.74) is 1.11. The van der Waals surface area contributed by atoms with E-state index in [1.165, 1.54) is 0 Å². The second-order valence-electron chi connectivity index (χ2n) is 4.22. The summed E-state index contributed by atoms with van der Waals surface area (Å²) in [5.74, 6) is 1.62.